The molecule has 2 aliphatic rings. The number of rotatable bonds is 1. The van der Waals surface area contributed by atoms with Gasteiger partial charge < -0.3 is 5.32 Å². The van der Waals surface area contributed by atoms with Crippen LogP contribution in [-0.2, 0) is 0 Å². The Labute approximate surface area is 88.7 Å². The molecule has 0 saturated heterocycles. The summed E-state index contributed by atoms with van der Waals surface area (Å²) in [5.74, 6) is 3.87. The molecule has 2 bridgehead atoms. The molecule has 0 amide bonds. The standard InChI is InChI=1S/C13H25N/c1-9-6-11-5-4-10(2)13(14-3)12(7-9)8-11/h9-14H,4-8H2,1-3H3. The minimum atomic E-state index is 0.794. The summed E-state index contributed by atoms with van der Waals surface area (Å²) in [6, 6.07) is 0.794. The van der Waals surface area contributed by atoms with Crippen LogP contribution in [0.3, 0.4) is 0 Å². The Kier molecular flexibility index (Phi) is 3.16. The fraction of sp³-hybridized carbons (Fsp3) is 1.00. The van der Waals surface area contributed by atoms with Gasteiger partial charge in [0.2, 0.25) is 0 Å². The number of fused-ring (bicyclic) bond motifs is 2. The van der Waals surface area contributed by atoms with Gasteiger partial charge in [0.1, 0.15) is 0 Å². The van der Waals surface area contributed by atoms with Gasteiger partial charge in [-0.2, -0.15) is 0 Å². The third kappa shape index (κ3) is 1.98. The average Bonchev–Trinajstić information content (AvgIpc) is 2.24. The van der Waals surface area contributed by atoms with E-state index in [1.54, 1.807) is 0 Å². The maximum Gasteiger partial charge on any atom is 0.0118 e. The van der Waals surface area contributed by atoms with Crippen molar-refractivity contribution >= 4 is 0 Å². The van der Waals surface area contributed by atoms with Crippen LogP contribution in [0.25, 0.3) is 0 Å². The summed E-state index contributed by atoms with van der Waals surface area (Å²) in [4.78, 5) is 0. The molecule has 2 saturated carbocycles. The molecular weight excluding hydrogens is 170 g/mol. The van der Waals surface area contributed by atoms with Crippen molar-refractivity contribution in [2.75, 3.05) is 7.05 Å². The van der Waals surface area contributed by atoms with Gasteiger partial charge in [-0.3, -0.25) is 0 Å². The summed E-state index contributed by atoms with van der Waals surface area (Å²) in [6.07, 6.45) is 7.39. The van der Waals surface area contributed by atoms with Gasteiger partial charge in [0.25, 0.3) is 0 Å². The van der Waals surface area contributed by atoms with Gasteiger partial charge in [-0.1, -0.05) is 20.3 Å². The number of hydrogen-bond donors (Lipinski definition) is 1. The molecule has 2 fully saturated rings. The van der Waals surface area contributed by atoms with Crippen LogP contribution >= 0.6 is 0 Å². The Morgan fingerprint density at radius 2 is 1.79 bits per heavy atom. The third-order valence-electron chi connectivity index (χ3n) is 4.56. The fourth-order valence-corrected chi connectivity index (χ4v) is 3.99. The van der Waals surface area contributed by atoms with Crippen LogP contribution in [0.1, 0.15) is 46.0 Å². The van der Waals surface area contributed by atoms with Crippen LogP contribution in [0.15, 0.2) is 0 Å². The smallest absolute Gasteiger partial charge is 0.0118 e. The van der Waals surface area contributed by atoms with Gasteiger partial charge in [-0.05, 0) is 56.4 Å². The third-order valence-corrected chi connectivity index (χ3v) is 4.56. The molecule has 5 unspecified atom stereocenters. The van der Waals surface area contributed by atoms with E-state index in [2.05, 4.69) is 26.2 Å². The predicted molar refractivity (Wildman–Crippen MR) is 61.2 cm³/mol. The van der Waals surface area contributed by atoms with E-state index in [0.29, 0.717) is 0 Å². The van der Waals surface area contributed by atoms with E-state index in [1.807, 2.05) is 0 Å². The summed E-state index contributed by atoms with van der Waals surface area (Å²) in [5.41, 5.74) is 0. The van der Waals surface area contributed by atoms with Crippen molar-refractivity contribution in [1.82, 2.24) is 5.32 Å². The topological polar surface area (TPSA) is 12.0 Å². The summed E-state index contributed by atoms with van der Waals surface area (Å²) < 4.78 is 0. The molecular formula is C13H25N. The average molecular weight is 195 g/mol. The van der Waals surface area contributed by atoms with Crippen LogP contribution < -0.4 is 5.32 Å². The van der Waals surface area contributed by atoms with Crippen LogP contribution in [0.2, 0.25) is 0 Å². The van der Waals surface area contributed by atoms with Gasteiger partial charge in [-0.15, -0.1) is 0 Å². The molecule has 1 heteroatoms. The second-order valence-electron chi connectivity index (χ2n) is 5.81. The summed E-state index contributed by atoms with van der Waals surface area (Å²) >= 11 is 0. The molecule has 0 radical (unpaired) electrons. The van der Waals surface area contributed by atoms with Crippen molar-refractivity contribution in [2.24, 2.45) is 23.7 Å². The highest BCUT2D eigenvalue weighted by atomic mass is 14.9. The molecule has 82 valence electrons. The Bertz CT molecular complexity index is 188. The zero-order chi connectivity index (χ0) is 10.1. The maximum absolute atomic E-state index is 3.57. The first kappa shape index (κ1) is 10.5. The molecule has 0 spiro atoms. The molecule has 14 heavy (non-hydrogen) atoms. The zero-order valence-electron chi connectivity index (χ0n) is 9.92. The molecule has 2 rings (SSSR count). The van der Waals surface area contributed by atoms with Crippen molar-refractivity contribution < 1.29 is 0 Å². The van der Waals surface area contributed by atoms with Crippen molar-refractivity contribution in [3.05, 3.63) is 0 Å². The Morgan fingerprint density at radius 3 is 2.50 bits per heavy atom. The van der Waals surface area contributed by atoms with Crippen molar-refractivity contribution in [3.63, 3.8) is 0 Å². The predicted octanol–water partition coefficient (Wildman–Crippen LogP) is 3.06. The van der Waals surface area contributed by atoms with E-state index in [-0.39, 0.29) is 0 Å². The fourth-order valence-electron chi connectivity index (χ4n) is 3.99. The van der Waals surface area contributed by atoms with Crippen molar-refractivity contribution in [1.29, 1.82) is 0 Å². The molecule has 1 nitrogen and oxygen atoms in total. The quantitative estimate of drug-likeness (QED) is 0.678. The van der Waals surface area contributed by atoms with Gasteiger partial charge in [0.15, 0.2) is 0 Å². The highest BCUT2D eigenvalue weighted by Gasteiger charge is 2.36. The Morgan fingerprint density at radius 1 is 1.00 bits per heavy atom. The van der Waals surface area contributed by atoms with Crippen LogP contribution in [0, 0.1) is 23.7 Å². The van der Waals surface area contributed by atoms with Crippen LogP contribution in [-0.4, -0.2) is 13.1 Å². The van der Waals surface area contributed by atoms with Gasteiger partial charge in [0.05, 0.1) is 0 Å². The first-order valence-corrected chi connectivity index (χ1v) is 6.38. The van der Waals surface area contributed by atoms with E-state index >= 15 is 0 Å². The lowest BCUT2D eigenvalue weighted by Gasteiger charge is -2.36. The van der Waals surface area contributed by atoms with E-state index in [1.165, 1.54) is 32.1 Å². The molecule has 0 heterocycles. The minimum Gasteiger partial charge on any atom is -0.316 e. The first-order valence-electron chi connectivity index (χ1n) is 6.38. The van der Waals surface area contributed by atoms with E-state index in [9.17, 15) is 0 Å². The van der Waals surface area contributed by atoms with Crippen molar-refractivity contribution in [2.45, 2.75) is 52.0 Å². The summed E-state index contributed by atoms with van der Waals surface area (Å²) in [5, 5.41) is 3.57. The second kappa shape index (κ2) is 4.22. The number of nitrogens with one attached hydrogen (secondary N) is 1. The van der Waals surface area contributed by atoms with Gasteiger partial charge in [-0.25, -0.2) is 0 Å². The molecule has 0 aromatic rings. The second-order valence-corrected chi connectivity index (χ2v) is 5.81. The van der Waals surface area contributed by atoms with Crippen LogP contribution in [0.4, 0.5) is 0 Å². The Balaban J connectivity index is 2.10. The lowest BCUT2D eigenvalue weighted by molar-refractivity contribution is 0.175. The zero-order valence-corrected chi connectivity index (χ0v) is 9.92. The van der Waals surface area contributed by atoms with E-state index < -0.39 is 0 Å². The highest BCUT2D eigenvalue weighted by molar-refractivity contribution is 4.90. The van der Waals surface area contributed by atoms with Gasteiger partial charge in [0, 0.05) is 6.04 Å². The lowest BCUT2D eigenvalue weighted by atomic mass is 9.73. The minimum absolute atomic E-state index is 0.794. The van der Waals surface area contributed by atoms with Crippen LogP contribution in [0.5, 0.6) is 0 Å². The first-order chi connectivity index (χ1) is 6.70. The lowest BCUT2D eigenvalue weighted by Crippen LogP contribution is -2.40. The number of hydrogen-bond acceptors (Lipinski definition) is 1. The molecule has 0 aromatic heterocycles. The summed E-state index contributed by atoms with van der Waals surface area (Å²) in [6.45, 7) is 4.88. The SMILES string of the molecule is CNC1C(C)CCC2CC(C)CC1C2. The molecule has 1 N–H and O–H groups in total. The normalized spacial score (nSPS) is 48.6. The highest BCUT2D eigenvalue weighted by Crippen LogP contribution is 2.42. The van der Waals surface area contributed by atoms with E-state index in [0.717, 1.165) is 29.7 Å². The largest absolute Gasteiger partial charge is 0.316 e. The molecule has 2 aliphatic carbocycles. The molecule has 0 aliphatic heterocycles. The monoisotopic (exact) mass is 195 g/mol. The summed E-state index contributed by atoms with van der Waals surface area (Å²) in [7, 11) is 2.15. The molecule has 0 aromatic carbocycles. The van der Waals surface area contributed by atoms with Gasteiger partial charge >= 0.3 is 0 Å². The Hall–Kier alpha value is -0.0400. The molecule has 5 atom stereocenters. The maximum atomic E-state index is 3.57. The van der Waals surface area contributed by atoms with Crippen molar-refractivity contribution in [3.8, 4) is 0 Å². The van der Waals surface area contributed by atoms with E-state index in [4.69, 9.17) is 0 Å².